The Balaban J connectivity index is 2.21. The molecule has 1 aromatic rings. The fourth-order valence-electron chi connectivity index (χ4n) is 2.06. The van der Waals surface area contributed by atoms with Crippen LogP contribution in [-0.2, 0) is 0 Å². The van der Waals surface area contributed by atoms with Crippen LogP contribution in [0.3, 0.4) is 0 Å². The van der Waals surface area contributed by atoms with E-state index in [0.717, 1.165) is 6.54 Å². The molecule has 0 unspecified atom stereocenters. The number of carbonyl (C=O) groups excluding carboxylic acids is 1. The van der Waals surface area contributed by atoms with Crippen LogP contribution in [0.5, 0.6) is 0 Å². The summed E-state index contributed by atoms with van der Waals surface area (Å²) in [6.07, 6.45) is 0. The number of rotatable bonds is 5. The van der Waals surface area contributed by atoms with E-state index in [1.54, 1.807) is 36.2 Å². The maximum Gasteiger partial charge on any atom is 0.256 e. The molecule has 0 spiro atoms. The van der Waals surface area contributed by atoms with Crippen LogP contribution in [0.4, 0.5) is 10.2 Å². The van der Waals surface area contributed by atoms with Crippen molar-refractivity contribution in [1.29, 1.82) is 0 Å². The topological polar surface area (TPSA) is 47.9 Å². The molecule has 0 saturated carbocycles. The lowest BCUT2D eigenvalue weighted by molar-refractivity contribution is 0.0755. The van der Waals surface area contributed by atoms with Gasteiger partial charge in [-0.05, 0) is 26.0 Å². The van der Waals surface area contributed by atoms with E-state index in [-0.39, 0.29) is 24.2 Å². The lowest BCUT2D eigenvalue weighted by Crippen LogP contribution is -2.35. The summed E-state index contributed by atoms with van der Waals surface area (Å²) in [6.45, 7) is 5.27. The van der Waals surface area contributed by atoms with E-state index in [9.17, 15) is 9.28 Å². The number of halogens is 1. The van der Waals surface area contributed by atoms with Crippen molar-refractivity contribution in [2.24, 2.45) is 4.99 Å². The third kappa shape index (κ3) is 3.51. The van der Waals surface area contributed by atoms with Crippen molar-refractivity contribution in [2.75, 3.05) is 31.8 Å². The molecular weight excluding hydrogens is 271 g/mol. The fraction of sp³-hybridized carbons (Fsp3) is 0.467. The highest BCUT2D eigenvalue weighted by molar-refractivity contribution is 6.00. The van der Waals surface area contributed by atoms with E-state index in [2.05, 4.69) is 10.3 Å². The minimum Gasteiger partial charge on any atom is -0.370 e. The maximum atomic E-state index is 14.4. The first kappa shape index (κ1) is 15.3. The zero-order valence-electron chi connectivity index (χ0n) is 12.6. The second kappa shape index (κ2) is 6.56. The molecule has 114 valence electrons. The third-order valence-electron chi connectivity index (χ3n) is 3.52. The van der Waals surface area contributed by atoms with Gasteiger partial charge in [0.15, 0.2) is 0 Å². The normalized spacial score (nSPS) is 13.9. The third-order valence-corrected chi connectivity index (χ3v) is 3.52. The molecule has 1 amide bonds. The van der Waals surface area contributed by atoms with Gasteiger partial charge in [0.25, 0.3) is 5.91 Å². The van der Waals surface area contributed by atoms with Crippen molar-refractivity contribution in [3.05, 3.63) is 29.8 Å². The minimum atomic E-state index is -0.190. The molecule has 0 fully saturated rings. The Bertz CT molecular complexity index is 544. The predicted molar refractivity (Wildman–Crippen MR) is 82.4 cm³/mol. The number of hydrogen-bond acceptors (Lipinski definition) is 4. The molecule has 1 aliphatic heterocycles. The van der Waals surface area contributed by atoms with Gasteiger partial charge >= 0.3 is 0 Å². The molecule has 5 nitrogen and oxygen atoms in total. The van der Waals surface area contributed by atoms with Crippen LogP contribution in [0.15, 0.2) is 29.3 Å². The largest absolute Gasteiger partial charge is 0.370 e. The summed E-state index contributed by atoms with van der Waals surface area (Å²) in [5, 5.41) is 3.59. The highest BCUT2D eigenvalue weighted by Gasteiger charge is 2.22. The zero-order valence-corrected chi connectivity index (χ0v) is 12.6. The van der Waals surface area contributed by atoms with E-state index < -0.39 is 0 Å². The van der Waals surface area contributed by atoms with Gasteiger partial charge in [-0.25, -0.2) is 5.12 Å². The summed E-state index contributed by atoms with van der Waals surface area (Å²) in [6, 6.07) is 6.77. The lowest BCUT2D eigenvalue weighted by Gasteiger charge is -2.24. The number of carbonyl (C=O) groups is 1. The molecule has 1 N–H and O–H groups in total. The highest BCUT2D eigenvalue weighted by atomic mass is 19.2. The number of amidine groups is 1. The standard InChI is InChI=1S/C15H21FN4O/c1-11(2)19(3)15(21)12-6-4-5-7-13(12)20(16)10-14-17-8-9-18-14/h4-7,11H,8-10H2,1-3H3,(H,17,18). The van der Waals surface area contributed by atoms with Crippen LogP contribution in [0, 0.1) is 0 Å². The van der Waals surface area contributed by atoms with E-state index in [1.807, 2.05) is 13.8 Å². The fourth-order valence-corrected chi connectivity index (χ4v) is 2.06. The van der Waals surface area contributed by atoms with Gasteiger partial charge in [0, 0.05) is 19.6 Å². The first-order valence-corrected chi connectivity index (χ1v) is 7.07. The monoisotopic (exact) mass is 292 g/mol. The van der Waals surface area contributed by atoms with Crippen LogP contribution >= 0.6 is 0 Å². The second-order valence-electron chi connectivity index (χ2n) is 5.30. The molecule has 0 radical (unpaired) electrons. The van der Waals surface area contributed by atoms with Gasteiger partial charge in [-0.2, -0.15) is 0 Å². The summed E-state index contributed by atoms with van der Waals surface area (Å²) >= 11 is 0. The van der Waals surface area contributed by atoms with Gasteiger partial charge in [-0.1, -0.05) is 16.6 Å². The molecule has 1 aromatic carbocycles. The van der Waals surface area contributed by atoms with Crippen molar-refractivity contribution in [3.8, 4) is 0 Å². The van der Waals surface area contributed by atoms with E-state index in [0.29, 0.717) is 23.1 Å². The highest BCUT2D eigenvalue weighted by Crippen LogP contribution is 2.22. The molecule has 0 aromatic heterocycles. The van der Waals surface area contributed by atoms with Gasteiger partial charge in [0.2, 0.25) is 0 Å². The van der Waals surface area contributed by atoms with Crippen molar-refractivity contribution >= 4 is 17.4 Å². The van der Waals surface area contributed by atoms with Crippen LogP contribution < -0.4 is 10.4 Å². The van der Waals surface area contributed by atoms with Crippen molar-refractivity contribution in [3.63, 3.8) is 0 Å². The molecule has 0 bridgehead atoms. The second-order valence-corrected chi connectivity index (χ2v) is 5.30. The van der Waals surface area contributed by atoms with Crippen molar-refractivity contribution in [1.82, 2.24) is 10.2 Å². The van der Waals surface area contributed by atoms with Gasteiger partial charge in [0.05, 0.1) is 17.8 Å². The van der Waals surface area contributed by atoms with Crippen LogP contribution in [-0.4, -0.2) is 49.4 Å². The zero-order chi connectivity index (χ0) is 15.4. The van der Waals surface area contributed by atoms with Crippen LogP contribution in [0.25, 0.3) is 0 Å². The van der Waals surface area contributed by atoms with E-state index in [1.165, 1.54) is 0 Å². The number of nitrogens with zero attached hydrogens (tertiary/aromatic N) is 3. The van der Waals surface area contributed by atoms with Gasteiger partial charge < -0.3 is 10.2 Å². The van der Waals surface area contributed by atoms with Crippen molar-refractivity contribution in [2.45, 2.75) is 19.9 Å². The van der Waals surface area contributed by atoms with E-state index >= 15 is 0 Å². The minimum absolute atomic E-state index is 0.0235. The van der Waals surface area contributed by atoms with Crippen LogP contribution in [0.2, 0.25) is 0 Å². The van der Waals surface area contributed by atoms with Gasteiger partial charge in [-0.15, -0.1) is 0 Å². The average molecular weight is 292 g/mol. The van der Waals surface area contributed by atoms with Crippen molar-refractivity contribution < 1.29 is 9.28 Å². The summed E-state index contributed by atoms with van der Waals surface area (Å²) in [7, 11) is 1.72. The summed E-state index contributed by atoms with van der Waals surface area (Å²) in [5.74, 6) is 0.418. The Labute approximate surface area is 124 Å². The Morgan fingerprint density at radius 1 is 1.43 bits per heavy atom. The Morgan fingerprint density at radius 3 is 2.76 bits per heavy atom. The quantitative estimate of drug-likeness (QED) is 0.843. The lowest BCUT2D eigenvalue weighted by atomic mass is 10.1. The summed E-state index contributed by atoms with van der Waals surface area (Å²) in [4.78, 5) is 18.2. The molecule has 1 aliphatic rings. The number of para-hydroxylation sites is 1. The molecule has 6 heteroatoms. The summed E-state index contributed by atoms with van der Waals surface area (Å²) in [5.41, 5.74) is 0.626. The molecule has 1 heterocycles. The SMILES string of the molecule is CC(C)N(C)C(=O)c1ccccc1N(F)CC1=NCCN1. The Hall–Kier alpha value is -2.11. The maximum absolute atomic E-state index is 14.4. The van der Waals surface area contributed by atoms with Gasteiger partial charge in [-0.3, -0.25) is 9.79 Å². The Kier molecular flexibility index (Phi) is 4.77. The van der Waals surface area contributed by atoms with Crippen LogP contribution in [0.1, 0.15) is 24.2 Å². The summed E-state index contributed by atoms with van der Waals surface area (Å²) < 4.78 is 14.4. The number of benzene rings is 1. The molecule has 2 rings (SSSR count). The number of aliphatic imine (C=N–C) groups is 1. The molecule has 0 saturated heterocycles. The van der Waals surface area contributed by atoms with E-state index in [4.69, 9.17) is 0 Å². The van der Waals surface area contributed by atoms with Gasteiger partial charge in [0.1, 0.15) is 12.4 Å². The number of amides is 1. The molecule has 0 aliphatic carbocycles. The molecule has 0 atom stereocenters. The number of anilines is 1. The predicted octanol–water partition coefficient (Wildman–Crippen LogP) is 1.86. The molecule has 21 heavy (non-hydrogen) atoms. The number of hydrogen-bond donors (Lipinski definition) is 1. The average Bonchev–Trinajstić information content (AvgIpc) is 2.98. The first-order valence-electron chi connectivity index (χ1n) is 7.07. The Morgan fingerprint density at radius 2 is 2.14 bits per heavy atom. The smallest absolute Gasteiger partial charge is 0.256 e. The number of nitrogens with one attached hydrogen (secondary N) is 1. The first-order chi connectivity index (χ1) is 10.0. The molecular formula is C15H21FN4O.